The average Bonchev–Trinajstić information content (AvgIpc) is 3.21. The van der Waals surface area contributed by atoms with Crippen LogP contribution in [0.25, 0.3) is 22.0 Å². The van der Waals surface area contributed by atoms with Gasteiger partial charge in [-0.05, 0) is 65.5 Å². The summed E-state index contributed by atoms with van der Waals surface area (Å²) in [6.07, 6.45) is 3.03. The molecule has 0 spiro atoms. The maximum atomic E-state index is 13.8. The number of rotatable bonds is 6. The number of piperidine rings is 1. The van der Waals surface area contributed by atoms with Crippen LogP contribution in [0.1, 0.15) is 42.1 Å². The fourth-order valence-corrected chi connectivity index (χ4v) is 6.12. The van der Waals surface area contributed by atoms with Crippen LogP contribution in [0.15, 0.2) is 47.3 Å². The first-order valence-corrected chi connectivity index (χ1v) is 14.0. The third kappa shape index (κ3) is 4.60. The first-order valence-electron chi connectivity index (χ1n) is 13.2. The van der Waals surface area contributed by atoms with Crippen molar-refractivity contribution in [2.24, 2.45) is 5.41 Å². The van der Waals surface area contributed by atoms with Gasteiger partial charge in [-0.2, -0.15) is 5.10 Å². The van der Waals surface area contributed by atoms with Gasteiger partial charge in [-0.25, -0.2) is 15.0 Å². The Morgan fingerprint density at radius 3 is 2.56 bits per heavy atom. The minimum Gasteiger partial charge on any atom is -0.390 e. The highest BCUT2D eigenvalue weighted by Gasteiger charge is 2.72. The van der Waals surface area contributed by atoms with Crippen molar-refractivity contribution >= 4 is 50.2 Å². The molecule has 4 atom stereocenters. The number of carbonyl (C=O) groups excluding carboxylic acids is 3. The number of fused-ring (bicyclic) bond motifs is 2. The summed E-state index contributed by atoms with van der Waals surface area (Å²) in [5.74, 6) is 0.0812. The Morgan fingerprint density at radius 2 is 1.85 bits per heavy atom. The molecule has 4 aromatic rings. The SMILES string of the molecule is CC(=O)c1nn(CC(=O)N2[C@H](C(=O)Nc3nc(Br)ccc3C)C[C@@]3(C)[C@H](O)[C@@H]23)c2ccc(-c3cnc(C)nc3)cc12. The van der Waals surface area contributed by atoms with E-state index in [4.69, 9.17) is 0 Å². The molecule has 12 heteroatoms. The monoisotopic (exact) mass is 617 g/mol. The normalized spacial score (nSPS) is 23.0. The number of aliphatic hydroxyl groups excluding tert-OH is 1. The standard InChI is InChI=1S/C29H28BrN7O4/c1-14-5-8-22(30)33-27(14)34-28(41)21-10-29(4)25(26(29)40)37(21)23(39)13-36-20-7-6-17(18-11-31-16(3)32-12-18)9-19(20)24(35-36)15(2)38/h5-9,11-12,21,25-26,40H,10,13H2,1-4H3,(H,33,34,41)/t21-,25+,26+,29+/m0/s1. The Hall–Kier alpha value is -4.03. The quantitative estimate of drug-likeness (QED) is 0.247. The van der Waals surface area contributed by atoms with Crippen LogP contribution in [0.2, 0.25) is 0 Å². The first-order chi connectivity index (χ1) is 19.5. The van der Waals surface area contributed by atoms with Gasteiger partial charge in [0.2, 0.25) is 11.8 Å². The number of hydrogen-bond acceptors (Lipinski definition) is 8. The van der Waals surface area contributed by atoms with Crippen molar-refractivity contribution in [2.75, 3.05) is 5.32 Å². The number of nitrogens with one attached hydrogen (secondary N) is 1. The van der Waals surface area contributed by atoms with E-state index in [1.807, 2.05) is 38.1 Å². The second-order valence-electron chi connectivity index (χ2n) is 11.0. The summed E-state index contributed by atoms with van der Waals surface area (Å²) in [4.78, 5) is 54.1. The average molecular weight is 618 g/mol. The Labute approximate surface area is 244 Å². The van der Waals surface area contributed by atoms with Crippen LogP contribution in [-0.2, 0) is 16.1 Å². The van der Waals surface area contributed by atoms with E-state index in [1.165, 1.54) is 16.5 Å². The van der Waals surface area contributed by atoms with Crippen LogP contribution in [0.3, 0.4) is 0 Å². The molecule has 1 aromatic carbocycles. The van der Waals surface area contributed by atoms with Gasteiger partial charge >= 0.3 is 0 Å². The van der Waals surface area contributed by atoms with Crippen molar-refractivity contribution in [3.63, 3.8) is 0 Å². The highest BCUT2D eigenvalue weighted by Crippen LogP contribution is 2.59. The molecule has 210 valence electrons. The highest BCUT2D eigenvalue weighted by molar-refractivity contribution is 9.10. The first kappa shape index (κ1) is 27.2. The number of ketones is 1. The van der Waals surface area contributed by atoms with E-state index in [2.05, 4.69) is 41.3 Å². The number of Topliss-reactive ketones (excluding diaryl/α,β-unsaturated/α-hetero) is 1. The second-order valence-corrected chi connectivity index (χ2v) is 11.8. The zero-order valence-electron chi connectivity index (χ0n) is 22.9. The van der Waals surface area contributed by atoms with E-state index in [0.717, 1.165) is 16.7 Å². The number of likely N-dealkylation sites (tertiary alicyclic amines) is 1. The number of anilines is 1. The van der Waals surface area contributed by atoms with Gasteiger partial charge in [-0.1, -0.05) is 19.1 Å². The van der Waals surface area contributed by atoms with E-state index in [9.17, 15) is 19.5 Å². The zero-order chi connectivity index (χ0) is 29.2. The molecule has 3 aromatic heterocycles. The molecule has 41 heavy (non-hydrogen) atoms. The summed E-state index contributed by atoms with van der Waals surface area (Å²) in [6, 6.07) is 7.86. The molecule has 1 aliphatic carbocycles. The molecule has 4 heterocycles. The predicted molar refractivity (Wildman–Crippen MR) is 154 cm³/mol. The Bertz CT molecular complexity index is 1740. The molecule has 2 aliphatic rings. The fraction of sp³-hybridized carbons (Fsp3) is 0.345. The van der Waals surface area contributed by atoms with Gasteiger partial charge in [0.1, 0.15) is 34.5 Å². The van der Waals surface area contributed by atoms with E-state index < -0.39 is 23.6 Å². The topological polar surface area (TPSA) is 143 Å². The van der Waals surface area contributed by atoms with Crippen LogP contribution >= 0.6 is 15.9 Å². The summed E-state index contributed by atoms with van der Waals surface area (Å²) < 4.78 is 2.07. The number of pyridine rings is 1. The van der Waals surface area contributed by atoms with Crippen molar-refractivity contribution < 1.29 is 19.5 Å². The minimum atomic E-state index is -0.789. The van der Waals surface area contributed by atoms with Gasteiger partial charge in [0.05, 0.1) is 17.7 Å². The number of halogens is 1. The molecule has 0 bridgehead atoms. The predicted octanol–water partition coefficient (Wildman–Crippen LogP) is 3.46. The molecule has 11 nitrogen and oxygen atoms in total. The maximum Gasteiger partial charge on any atom is 0.248 e. The number of carbonyl (C=O) groups is 3. The number of nitrogens with zero attached hydrogens (tertiary/aromatic N) is 6. The number of aromatic nitrogens is 5. The molecule has 6 rings (SSSR count). The van der Waals surface area contributed by atoms with Gasteiger partial charge in [-0.3, -0.25) is 19.1 Å². The second kappa shape index (κ2) is 9.81. The van der Waals surface area contributed by atoms with Crippen LogP contribution in [0, 0.1) is 19.3 Å². The number of amides is 2. The summed E-state index contributed by atoms with van der Waals surface area (Å²) >= 11 is 3.33. The highest BCUT2D eigenvalue weighted by atomic mass is 79.9. The van der Waals surface area contributed by atoms with Crippen LogP contribution in [0.5, 0.6) is 0 Å². The van der Waals surface area contributed by atoms with Gasteiger partial charge in [0.25, 0.3) is 0 Å². The Morgan fingerprint density at radius 1 is 1.12 bits per heavy atom. The summed E-state index contributed by atoms with van der Waals surface area (Å²) in [5.41, 5.74) is 2.66. The number of aryl methyl sites for hydroxylation is 2. The van der Waals surface area contributed by atoms with Crippen molar-refractivity contribution in [3.05, 3.63) is 64.4 Å². The molecular formula is C29H28BrN7O4. The van der Waals surface area contributed by atoms with Gasteiger partial charge in [0, 0.05) is 35.7 Å². The molecular weight excluding hydrogens is 590 g/mol. The molecule has 0 unspecified atom stereocenters. The lowest BCUT2D eigenvalue weighted by molar-refractivity contribution is -0.139. The van der Waals surface area contributed by atoms with Gasteiger partial charge < -0.3 is 15.3 Å². The summed E-state index contributed by atoms with van der Waals surface area (Å²) in [6.45, 7) is 6.75. The van der Waals surface area contributed by atoms with Crippen molar-refractivity contribution in [1.29, 1.82) is 0 Å². The molecule has 2 amide bonds. The van der Waals surface area contributed by atoms with Crippen molar-refractivity contribution in [2.45, 2.75) is 58.8 Å². The van der Waals surface area contributed by atoms with Crippen LogP contribution < -0.4 is 5.32 Å². The van der Waals surface area contributed by atoms with Gasteiger partial charge in [-0.15, -0.1) is 0 Å². The Kier molecular flexibility index (Phi) is 6.50. The van der Waals surface area contributed by atoms with E-state index >= 15 is 0 Å². The maximum absolute atomic E-state index is 13.8. The number of hydrogen-bond donors (Lipinski definition) is 2. The molecule has 1 aliphatic heterocycles. The smallest absolute Gasteiger partial charge is 0.248 e. The van der Waals surface area contributed by atoms with Crippen LogP contribution in [-0.4, -0.2) is 70.5 Å². The fourth-order valence-electron chi connectivity index (χ4n) is 5.81. The molecule has 1 saturated heterocycles. The lowest BCUT2D eigenvalue weighted by Crippen LogP contribution is -2.48. The molecule has 1 saturated carbocycles. The number of aliphatic hydroxyl groups is 1. The molecule has 2 N–H and O–H groups in total. The van der Waals surface area contributed by atoms with Gasteiger partial charge in [0.15, 0.2) is 5.78 Å². The van der Waals surface area contributed by atoms with Crippen molar-refractivity contribution in [1.82, 2.24) is 29.6 Å². The number of benzene rings is 1. The summed E-state index contributed by atoms with van der Waals surface area (Å²) in [5, 5.41) is 18.6. The Balaban J connectivity index is 1.31. The van der Waals surface area contributed by atoms with E-state index in [1.54, 1.807) is 25.4 Å². The minimum absolute atomic E-state index is 0.200. The molecule has 0 radical (unpaired) electrons. The summed E-state index contributed by atoms with van der Waals surface area (Å²) in [7, 11) is 0. The van der Waals surface area contributed by atoms with E-state index in [0.29, 0.717) is 33.6 Å². The largest absolute Gasteiger partial charge is 0.390 e. The lowest BCUT2D eigenvalue weighted by Gasteiger charge is -2.28. The molecule has 2 fully saturated rings. The van der Waals surface area contributed by atoms with Crippen molar-refractivity contribution in [3.8, 4) is 11.1 Å². The third-order valence-electron chi connectivity index (χ3n) is 8.19. The third-order valence-corrected chi connectivity index (χ3v) is 8.63. The van der Waals surface area contributed by atoms with Crippen LogP contribution in [0.4, 0.5) is 5.82 Å². The zero-order valence-corrected chi connectivity index (χ0v) is 24.5. The van der Waals surface area contributed by atoms with E-state index in [-0.39, 0.29) is 29.8 Å². The lowest BCUT2D eigenvalue weighted by atomic mass is 10.0.